The first-order valence-corrected chi connectivity index (χ1v) is 7.90. The van der Waals surface area contributed by atoms with Crippen LogP contribution >= 0.6 is 11.6 Å². The summed E-state index contributed by atoms with van der Waals surface area (Å²) in [6, 6.07) is 7.65. The van der Waals surface area contributed by atoms with Crippen molar-refractivity contribution < 1.29 is 4.79 Å². The summed E-state index contributed by atoms with van der Waals surface area (Å²) < 4.78 is 0. The van der Waals surface area contributed by atoms with Gasteiger partial charge in [0.15, 0.2) is 0 Å². The van der Waals surface area contributed by atoms with Crippen LogP contribution in [0.5, 0.6) is 0 Å². The standard InChI is InChI=1S/C17H21ClN4O/c1-4-16-19-9-12(10-20-16)17(23)21-11-15(22(2)3)13-7-5-6-8-14(13)18/h5-10,15H,4,11H2,1-3H3,(H,21,23)/t15-/m0/s1. The number of amides is 1. The summed E-state index contributed by atoms with van der Waals surface area (Å²) in [5, 5.41) is 3.62. The van der Waals surface area contributed by atoms with Gasteiger partial charge in [-0.15, -0.1) is 0 Å². The molecular formula is C17H21ClN4O. The summed E-state index contributed by atoms with van der Waals surface area (Å²) in [4.78, 5) is 22.6. The second-order valence-electron chi connectivity index (χ2n) is 5.45. The number of hydrogen-bond acceptors (Lipinski definition) is 4. The van der Waals surface area contributed by atoms with E-state index in [1.807, 2.05) is 50.2 Å². The van der Waals surface area contributed by atoms with Crippen LogP contribution in [0.25, 0.3) is 0 Å². The number of nitrogens with zero attached hydrogens (tertiary/aromatic N) is 3. The molecule has 0 aliphatic heterocycles. The number of likely N-dealkylation sites (N-methyl/N-ethyl adjacent to an activating group) is 1. The highest BCUT2D eigenvalue weighted by Crippen LogP contribution is 2.25. The number of benzene rings is 1. The molecule has 0 saturated heterocycles. The van der Waals surface area contributed by atoms with Crippen molar-refractivity contribution in [3.63, 3.8) is 0 Å². The Bertz CT molecular complexity index is 658. The van der Waals surface area contributed by atoms with Crippen molar-refractivity contribution in [2.75, 3.05) is 20.6 Å². The van der Waals surface area contributed by atoms with Crippen molar-refractivity contribution in [1.82, 2.24) is 20.2 Å². The third kappa shape index (κ3) is 4.50. The largest absolute Gasteiger partial charge is 0.350 e. The van der Waals surface area contributed by atoms with Gasteiger partial charge in [-0.05, 0) is 25.7 Å². The highest BCUT2D eigenvalue weighted by atomic mass is 35.5. The number of halogens is 1. The van der Waals surface area contributed by atoms with Crippen molar-refractivity contribution in [3.05, 3.63) is 58.6 Å². The van der Waals surface area contributed by atoms with Crippen molar-refractivity contribution in [1.29, 1.82) is 0 Å². The number of nitrogens with one attached hydrogen (secondary N) is 1. The summed E-state index contributed by atoms with van der Waals surface area (Å²) in [6.45, 7) is 2.42. The topological polar surface area (TPSA) is 58.1 Å². The molecule has 0 saturated carbocycles. The lowest BCUT2D eigenvalue weighted by molar-refractivity contribution is 0.0941. The normalized spacial score (nSPS) is 12.2. The lowest BCUT2D eigenvalue weighted by Crippen LogP contribution is -2.34. The zero-order chi connectivity index (χ0) is 16.8. The third-order valence-corrected chi connectivity index (χ3v) is 3.97. The Kier molecular flexibility index (Phi) is 6.07. The number of carbonyl (C=O) groups excluding carboxylic acids is 1. The van der Waals surface area contributed by atoms with E-state index in [4.69, 9.17) is 11.6 Å². The fraction of sp³-hybridized carbons (Fsp3) is 0.353. The van der Waals surface area contributed by atoms with E-state index in [0.29, 0.717) is 17.1 Å². The quantitative estimate of drug-likeness (QED) is 0.883. The van der Waals surface area contributed by atoms with Crippen molar-refractivity contribution >= 4 is 17.5 Å². The van der Waals surface area contributed by atoms with Gasteiger partial charge in [0.05, 0.1) is 11.6 Å². The number of aryl methyl sites for hydroxylation is 1. The molecule has 2 rings (SSSR count). The van der Waals surface area contributed by atoms with E-state index in [-0.39, 0.29) is 11.9 Å². The molecule has 23 heavy (non-hydrogen) atoms. The van der Waals surface area contributed by atoms with E-state index in [1.165, 1.54) is 0 Å². The number of rotatable bonds is 6. The lowest BCUT2D eigenvalue weighted by Gasteiger charge is -2.26. The van der Waals surface area contributed by atoms with Crippen LogP contribution < -0.4 is 5.32 Å². The molecule has 1 N–H and O–H groups in total. The second kappa shape index (κ2) is 8.04. The molecule has 1 amide bonds. The minimum Gasteiger partial charge on any atom is -0.350 e. The fourth-order valence-corrected chi connectivity index (χ4v) is 2.52. The van der Waals surface area contributed by atoms with Crippen molar-refractivity contribution in [2.45, 2.75) is 19.4 Å². The molecule has 2 aromatic rings. The summed E-state index contributed by atoms with van der Waals surface area (Å²) in [6.07, 6.45) is 3.86. The Morgan fingerprint density at radius 2 is 1.91 bits per heavy atom. The van der Waals surface area contributed by atoms with Crippen LogP contribution in [0.3, 0.4) is 0 Å². The SMILES string of the molecule is CCc1ncc(C(=O)NC[C@@H](c2ccccc2Cl)N(C)C)cn1. The van der Waals surface area contributed by atoms with Gasteiger partial charge >= 0.3 is 0 Å². The second-order valence-corrected chi connectivity index (χ2v) is 5.86. The highest BCUT2D eigenvalue weighted by Gasteiger charge is 2.18. The maximum absolute atomic E-state index is 12.2. The number of aromatic nitrogens is 2. The van der Waals surface area contributed by atoms with E-state index in [1.54, 1.807) is 12.4 Å². The van der Waals surface area contributed by atoms with E-state index >= 15 is 0 Å². The first kappa shape index (κ1) is 17.4. The maximum Gasteiger partial charge on any atom is 0.254 e. The molecule has 0 aliphatic rings. The molecule has 1 heterocycles. The van der Waals surface area contributed by atoms with Gasteiger partial charge in [0.1, 0.15) is 5.82 Å². The Labute approximate surface area is 141 Å². The van der Waals surface area contributed by atoms with Crippen molar-refractivity contribution in [3.8, 4) is 0 Å². The molecule has 0 aliphatic carbocycles. The van der Waals surface area contributed by atoms with Crippen LogP contribution in [-0.4, -0.2) is 41.4 Å². The summed E-state index contributed by atoms with van der Waals surface area (Å²) in [7, 11) is 3.92. The molecule has 0 fully saturated rings. The van der Waals surface area contributed by atoms with Gasteiger partial charge in [0, 0.05) is 30.4 Å². The van der Waals surface area contributed by atoms with Gasteiger partial charge in [0.2, 0.25) is 0 Å². The molecule has 0 spiro atoms. The fourth-order valence-electron chi connectivity index (χ4n) is 2.26. The molecule has 1 aromatic carbocycles. The Morgan fingerprint density at radius 1 is 1.26 bits per heavy atom. The molecule has 6 heteroatoms. The zero-order valence-electron chi connectivity index (χ0n) is 13.6. The van der Waals surface area contributed by atoms with Crippen molar-refractivity contribution in [2.24, 2.45) is 0 Å². The summed E-state index contributed by atoms with van der Waals surface area (Å²) in [5.41, 5.74) is 1.44. The highest BCUT2D eigenvalue weighted by molar-refractivity contribution is 6.31. The van der Waals surface area contributed by atoms with Crippen LogP contribution in [0.15, 0.2) is 36.7 Å². The minimum atomic E-state index is -0.188. The average Bonchev–Trinajstić information content (AvgIpc) is 2.56. The monoisotopic (exact) mass is 332 g/mol. The molecule has 0 radical (unpaired) electrons. The molecule has 5 nitrogen and oxygen atoms in total. The van der Waals surface area contributed by atoms with Crippen LogP contribution in [0.2, 0.25) is 5.02 Å². The number of hydrogen-bond donors (Lipinski definition) is 1. The third-order valence-electron chi connectivity index (χ3n) is 3.63. The van der Waals surface area contributed by atoms with Gasteiger partial charge < -0.3 is 10.2 Å². The minimum absolute atomic E-state index is 0.0107. The predicted octanol–water partition coefficient (Wildman–Crippen LogP) is 2.73. The summed E-state index contributed by atoms with van der Waals surface area (Å²) in [5.74, 6) is 0.537. The molecule has 0 bridgehead atoms. The van der Waals surface area contributed by atoms with E-state index in [2.05, 4.69) is 15.3 Å². The molecule has 122 valence electrons. The Hall–Kier alpha value is -1.98. The number of carbonyl (C=O) groups is 1. The molecular weight excluding hydrogens is 312 g/mol. The smallest absolute Gasteiger partial charge is 0.254 e. The van der Waals surface area contributed by atoms with Gasteiger partial charge in [-0.2, -0.15) is 0 Å². The van der Waals surface area contributed by atoms with Gasteiger partial charge in [-0.25, -0.2) is 9.97 Å². The van der Waals surface area contributed by atoms with E-state index in [0.717, 1.165) is 17.8 Å². The van der Waals surface area contributed by atoms with E-state index in [9.17, 15) is 4.79 Å². The first-order chi connectivity index (χ1) is 11.0. The lowest BCUT2D eigenvalue weighted by atomic mass is 10.1. The molecule has 1 atom stereocenters. The van der Waals surface area contributed by atoms with Gasteiger partial charge in [0.25, 0.3) is 5.91 Å². The van der Waals surface area contributed by atoms with Crippen LogP contribution in [0, 0.1) is 0 Å². The van der Waals surface area contributed by atoms with Gasteiger partial charge in [-0.3, -0.25) is 4.79 Å². The molecule has 0 unspecified atom stereocenters. The first-order valence-electron chi connectivity index (χ1n) is 7.53. The maximum atomic E-state index is 12.2. The zero-order valence-corrected chi connectivity index (χ0v) is 14.3. The average molecular weight is 333 g/mol. The van der Waals surface area contributed by atoms with Gasteiger partial charge in [-0.1, -0.05) is 36.7 Å². The van der Waals surface area contributed by atoms with Crippen LogP contribution in [0.4, 0.5) is 0 Å². The van der Waals surface area contributed by atoms with Crippen LogP contribution in [-0.2, 0) is 6.42 Å². The van der Waals surface area contributed by atoms with E-state index < -0.39 is 0 Å². The van der Waals surface area contributed by atoms with Crippen LogP contribution in [0.1, 0.15) is 34.7 Å². The Balaban J connectivity index is 2.06. The predicted molar refractivity (Wildman–Crippen MR) is 91.6 cm³/mol. The molecule has 1 aromatic heterocycles. The Morgan fingerprint density at radius 3 is 2.48 bits per heavy atom. The summed E-state index contributed by atoms with van der Waals surface area (Å²) >= 11 is 6.27.